The first-order valence-corrected chi connectivity index (χ1v) is 6.19. The van der Waals surface area contributed by atoms with E-state index in [4.69, 9.17) is 4.74 Å². The summed E-state index contributed by atoms with van der Waals surface area (Å²) in [6, 6.07) is 8.07. The van der Waals surface area contributed by atoms with Gasteiger partial charge >= 0.3 is 5.97 Å². The van der Waals surface area contributed by atoms with Crippen molar-refractivity contribution < 1.29 is 19.7 Å². The third-order valence-corrected chi connectivity index (χ3v) is 2.91. The van der Waals surface area contributed by atoms with E-state index in [0.717, 1.165) is 0 Å². The molecule has 1 aromatic carbocycles. The molecule has 0 aliphatic carbocycles. The van der Waals surface area contributed by atoms with Crippen molar-refractivity contribution in [1.82, 2.24) is 5.32 Å². The molecule has 0 aliphatic heterocycles. The van der Waals surface area contributed by atoms with Crippen LogP contribution in [0.25, 0.3) is 0 Å². The van der Waals surface area contributed by atoms with Crippen molar-refractivity contribution in [2.24, 2.45) is 0 Å². The van der Waals surface area contributed by atoms with Crippen molar-refractivity contribution in [3.8, 4) is 0 Å². The van der Waals surface area contributed by atoms with Gasteiger partial charge in [0.05, 0.1) is 5.60 Å². The maximum absolute atomic E-state index is 11.3. The molecule has 0 saturated carbocycles. The Morgan fingerprint density at radius 2 is 2.05 bits per heavy atom. The predicted molar refractivity (Wildman–Crippen MR) is 71.9 cm³/mol. The largest absolute Gasteiger partial charge is 0.480 e. The summed E-state index contributed by atoms with van der Waals surface area (Å²) in [7, 11) is 1.56. The minimum absolute atomic E-state index is 0.183. The Morgan fingerprint density at radius 1 is 1.42 bits per heavy atom. The molecule has 0 spiro atoms. The molecule has 0 heterocycles. The molecule has 0 fully saturated rings. The lowest BCUT2D eigenvalue weighted by atomic mass is 10.0. The highest BCUT2D eigenvalue weighted by atomic mass is 16.5. The van der Waals surface area contributed by atoms with Crippen LogP contribution in [0.5, 0.6) is 0 Å². The summed E-state index contributed by atoms with van der Waals surface area (Å²) in [5, 5.41) is 22.2. The van der Waals surface area contributed by atoms with E-state index in [9.17, 15) is 15.0 Å². The van der Waals surface area contributed by atoms with Gasteiger partial charge < -0.3 is 14.9 Å². The number of rotatable bonds is 8. The summed E-state index contributed by atoms with van der Waals surface area (Å²) >= 11 is 0. The molecule has 1 rings (SSSR count). The Hall–Kier alpha value is -1.43. The first-order chi connectivity index (χ1) is 8.96. The fourth-order valence-electron chi connectivity index (χ4n) is 1.73. The van der Waals surface area contributed by atoms with Gasteiger partial charge in [-0.1, -0.05) is 30.3 Å². The summed E-state index contributed by atoms with van der Waals surface area (Å²) in [6.45, 7) is 2.27. The van der Waals surface area contributed by atoms with Crippen molar-refractivity contribution in [3.05, 3.63) is 35.9 Å². The number of aliphatic hydroxyl groups is 1. The standard InChI is InChI=1S/C14H21NO4/c1-14(18,8-9-19-2)10-15-12(13(16)17)11-6-4-3-5-7-11/h3-7,12,15,18H,8-10H2,1-2H3,(H,16,17). The van der Waals surface area contributed by atoms with Crippen LogP contribution in [0.15, 0.2) is 30.3 Å². The van der Waals surface area contributed by atoms with Gasteiger partial charge in [0.15, 0.2) is 0 Å². The van der Waals surface area contributed by atoms with Crippen molar-refractivity contribution in [2.45, 2.75) is 25.0 Å². The van der Waals surface area contributed by atoms with Crippen LogP contribution < -0.4 is 5.32 Å². The predicted octanol–water partition coefficient (Wildman–Crippen LogP) is 1.19. The SMILES string of the molecule is COCCC(C)(O)CNC(C(=O)O)c1ccccc1. The number of carboxylic acid groups (broad SMARTS) is 1. The van der Waals surface area contributed by atoms with E-state index < -0.39 is 17.6 Å². The van der Waals surface area contributed by atoms with Gasteiger partial charge in [0.1, 0.15) is 6.04 Å². The van der Waals surface area contributed by atoms with E-state index in [1.807, 2.05) is 6.07 Å². The fourth-order valence-corrected chi connectivity index (χ4v) is 1.73. The number of carbonyl (C=O) groups is 1. The van der Waals surface area contributed by atoms with Crippen LogP contribution in [0.3, 0.4) is 0 Å². The van der Waals surface area contributed by atoms with Crippen molar-refractivity contribution in [2.75, 3.05) is 20.3 Å². The summed E-state index contributed by atoms with van der Waals surface area (Å²) in [5.74, 6) is -0.964. The van der Waals surface area contributed by atoms with E-state index in [2.05, 4.69) is 5.32 Å². The van der Waals surface area contributed by atoms with Gasteiger partial charge in [-0.15, -0.1) is 0 Å². The lowest BCUT2D eigenvalue weighted by Gasteiger charge is -2.25. The second kappa shape index (κ2) is 7.23. The average Bonchev–Trinajstić information content (AvgIpc) is 2.37. The zero-order valence-corrected chi connectivity index (χ0v) is 11.3. The molecule has 2 atom stereocenters. The third kappa shape index (κ3) is 5.38. The molecule has 106 valence electrons. The molecular weight excluding hydrogens is 246 g/mol. The molecule has 2 unspecified atom stereocenters. The third-order valence-electron chi connectivity index (χ3n) is 2.91. The smallest absolute Gasteiger partial charge is 0.325 e. The van der Waals surface area contributed by atoms with Gasteiger partial charge in [-0.3, -0.25) is 10.1 Å². The average molecular weight is 267 g/mol. The van der Waals surface area contributed by atoms with E-state index >= 15 is 0 Å². The highest BCUT2D eigenvalue weighted by Crippen LogP contribution is 2.15. The van der Waals surface area contributed by atoms with Gasteiger partial charge in [0.25, 0.3) is 0 Å². The van der Waals surface area contributed by atoms with Crippen LogP contribution in [-0.4, -0.2) is 42.0 Å². The number of methoxy groups -OCH3 is 1. The van der Waals surface area contributed by atoms with Crippen LogP contribution in [0.2, 0.25) is 0 Å². The maximum atomic E-state index is 11.3. The molecule has 5 heteroatoms. The van der Waals surface area contributed by atoms with Gasteiger partial charge in [-0.05, 0) is 12.5 Å². The highest BCUT2D eigenvalue weighted by Gasteiger charge is 2.25. The second-order valence-electron chi connectivity index (χ2n) is 4.80. The number of ether oxygens (including phenoxy) is 1. The molecular formula is C14H21NO4. The number of hydrogen-bond donors (Lipinski definition) is 3. The summed E-state index contributed by atoms with van der Waals surface area (Å²) in [4.78, 5) is 11.3. The van der Waals surface area contributed by atoms with E-state index in [-0.39, 0.29) is 6.54 Å². The van der Waals surface area contributed by atoms with Crippen LogP contribution in [0, 0.1) is 0 Å². The summed E-state index contributed by atoms with van der Waals surface area (Å²) in [5.41, 5.74) is -0.337. The molecule has 19 heavy (non-hydrogen) atoms. The maximum Gasteiger partial charge on any atom is 0.325 e. The van der Waals surface area contributed by atoms with E-state index in [1.54, 1.807) is 38.3 Å². The molecule has 0 bridgehead atoms. The number of benzene rings is 1. The molecule has 0 aromatic heterocycles. The highest BCUT2D eigenvalue weighted by molar-refractivity contribution is 5.75. The molecule has 5 nitrogen and oxygen atoms in total. The van der Waals surface area contributed by atoms with Crippen LogP contribution in [0.1, 0.15) is 24.9 Å². The second-order valence-corrected chi connectivity index (χ2v) is 4.80. The quantitative estimate of drug-likeness (QED) is 0.659. The van der Waals surface area contributed by atoms with Crippen LogP contribution >= 0.6 is 0 Å². The van der Waals surface area contributed by atoms with Crippen molar-refractivity contribution >= 4 is 5.97 Å². The Bertz CT molecular complexity index is 392. The molecule has 3 N–H and O–H groups in total. The number of hydrogen-bond acceptors (Lipinski definition) is 4. The Labute approximate surface area is 113 Å². The molecule has 0 saturated heterocycles. The first-order valence-electron chi connectivity index (χ1n) is 6.19. The fraction of sp³-hybridized carbons (Fsp3) is 0.500. The number of nitrogens with one attached hydrogen (secondary N) is 1. The lowest BCUT2D eigenvalue weighted by molar-refractivity contribution is -0.140. The van der Waals surface area contributed by atoms with Crippen LogP contribution in [-0.2, 0) is 9.53 Å². The Kier molecular flexibility index (Phi) is 5.95. The van der Waals surface area contributed by atoms with E-state index in [0.29, 0.717) is 18.6 Å². The lowest BCUT2D eigenvalue weighted by Crippen LogP contribution is -2.42. The zero-order valence-electron chi connectivity index (χ0n) is 11.3. The summed E-state index contributed by atoms with van der Waals surface area (Å²) < 4.78 is 4.91. The Balaban J connectivity index is 2.63. The number of carboxylic acids is 1. The Morgan fingerprint density at radius 3 is 2.58 bits per heavy atom. The summed E-state index contributed by atoms with van der Waals surface area (Å²) in [6.07, 6.45) is 0.442. The minimum atomic E-state index is -1.00. The minimum Gasteiger partial charge on any atom is -0.480 e. The molecule has 1 aromatic rings. The normalized spacial score (nSPS) is 15.7. The topological polar surface area (TPSA) is 78.8 Å². The first kappa shape index (κ1) is 15.6. The van der Waals surface area contributed by atoms with Gasteiger partial charge in [-0.25, -0.2) is 0 Å². The van der Waals surface area contributed by atoms with Crippen LogP contribution in [0.4, 0.5) is 0 Å². The molecule has 0 radical (unpaired) electrons. The van der Waals surface area contributed by atoms with Gasteiger partial charge in [0, 0.05) is 26.7 Å². The van der Waals surface area contributed by atoms with E-state index in [1.165, 1.54) is 0 Å². The number of aliphatic carboxylic acids is 1. The van der Waals surface area contributed by atoms with Gasteiger partial charge in [0.2, 0.25) is 0 Å². The monoisotopic (exact) mass is 267 g/mol. The van der Waals surface area contributed by atoms with Gasteiger partial charge in [-0.2, -0.15) is 0 Å². The van der Waals surface area contributed by atoms with Crippen molar-refractivity contribution in [3.63, 3.8) is 0 Å². The zero-order chi connectivity index (χ0) is 14.3. The molecule has 0 aliphatic rings. The van der Waals surface area contributed by atoms with Crippen molar-refractivity contribution in [1.29, 1.82) is 0 Å². The molecule has 0 amide bonds.